The highest BCUT2D eigenvalue weighted by Gasteiger charge is 2.33. The van der Waals surface area contributed by atoms with Gasteiger partial charge in [0.2, 0.25) is 5.91 Å². The van der Waals surface area contributed by atoms with Crippen molar-refractivity contribution in [2.24, 2.45) is 0 Å². The second-order valence-electron chi connectivity index (χ2n) is 5.91. The number of carboxylic acid groups (broad SMARTS) is 1. The number of carboxylic acids is 1. The molecular weight excluding hydrogens is 436 g/mol. The summed E-state index contributed by atoms with van der Waals surface area (Å²) in [6.07, 6.45) is 1.63. The minimum atomic E-state index is -1.31. The third-order valence-electron chi connectivity index (χ3n) is 3.83. The first kappa shape index (κ1) is 20.8. The lowest BCUT2D eigenvalue weighted by atomic mass is 10.1. The molecule has 2 aromatic rings. The SMILES string of the molecule is O=C(CN1C(=O)C(=Cc2cccc(Cl)c2)SC1=S)Nc1ccc(O)cc1C(=O)O. The number of aromatic hydroxyl groups is 1. The van der Waals surface area contributed by atoms with Crippen LogP contribution in [0.15, 0.2) is 47.4 Å². The van der Waals surface area contributed by atoms with Gasteiger partial charge in [-0.15, -0.1) is 0 Å². The molecular formula is C19H13ClN2O5S2. The van der Waals surface area contributed by atoms with Gasteiger partial charge >= 0.3 is 5.97 Å². The van der Waals surface area contributed by atoms with Gasteiger partial charge in [0.05, 0.1) is 16.2 Å². The predicted octanol–water partition coefficient (Wildman–Crippen LogP) is 3.58. The maximum Gasteiger partial charge on any atom is 0.337 e. The Morgan fingerprint density at radius 1 is 1.24 bits per heavy atom. The Balaban J connectivity index is 1.74. The van der Waals surface area contributed by atoms with E-state index >= 15 is 0 Å². The Morgan fingerprint density at radius 2 is 2.00 bits per heavy atom. The molecule has 1 fully saturated rings. The minimum Gasteiger partial charge on any atom is -0.508 e. The first-order valence-corrected chi connectivity index (χ1v) is 9.72. The Hall–Kier alpha value is -2.88. The average Bonchev–Trinajstić information content (AvgIpc) is 2.90. The summed E-state index contributed by atoms with van der Waals surface area (Å²) in [5, 5.41) is 21.6. The number of benzene rings is 2. The second kappa shape index (κ2) is 8.64. The topological polar surface area (TPSA) is 107 Å². The van der Waals surface area contributed by atoms with E-state index in [-0.39, 0.29) is 27.9 Å². The zero-order chi connectivity index (χ0) is 21.1. The maximum atomic E-state index is 12.6. The summed E-state index contributed by atoms with van der Waals surface area (Å²) in [5.41, 5.74) is 0.447. The van der Waals surface area contributed by atoms with Gasteiger partial charge < -0.3 is 15.5 Å². The Labute approximate surface area is 180 Å². The van der Waals surface area contributed by atoms with Crippen molar-refractivity contribution in [3.8, 4) is 5.75 Å². The van der Waals surface area contributed by atoms with Crippen LogP contribution in [0.3, 0.4) is 0 Å². The van der Waals surface area contributed by atoms with E-state index in [1.807, 2.05) is 0 Å². The average molecular weight is 449 g/mol. The number of rotatable bonds is 5. The first-order valence-electron chi connectivity index (χ1n) is 8.11. The highest BCUT2D eigenvalue weighted by atomic mass is 35.5. The number of nitrogens with zero attached hydrogens (tertiary/aromatic N) is 1. The molecule has 0 atom stereocenters. The highest BCUT2D eigenvalue weighted by Crippen LogP contribution is 2.33. The van der Waals surface area contributed by atoms with Gasteiger partial charge in [-0.3, -0.25) is 14.5 Å². The monoisotopic (exact) mass is 448 g/mol. The summed E-state index contributed by atoms with van der Waals surface area (Å²) in [4.78, 5) is 37.7. The van der Waals surface area contributed by atoms with Gasteiger partial charge in [-0.25, -0.2) is 4.79 Å². The van der Waals surface area contributed by atoms with Crippen molar-refractivity contribution in [3.05, 3.63) is 63.5 Å². The summed E-state index contributed by atoms with van der Waals surface area (Å²) in [6.45, 7) is -0.377. The lowest BCUT2D eigenvalue weighted by Crippen LogP contribution is -2.36. The van der Waals surface area contributed by atoms with Crippen LogP contribution in [0.5, 0.6) is 5.75 Å². The number of nitrogens with one attached hydrogen (secondary N) is 1. The van der Waals surface area contributed by atoms with Gasteiger partial charge in [-0.2, -0.15) is 0 Å². The molecule has 10 heteroatoms. The standard InChI is InChI=1S/C19H13ClN2O5S2/c20-11-3-1-2-10(6-11)7-15-17(25)22(19(28)29-15)9-16(24)21-14-5-4-12(23)8-13(14)18(26)27/h1-8,23H,9H2,(H,21,24)(H,26,27). The van der Waals surface area contributed by atoms with Crippen molar-refractivity contribution in [1.82, 2.24) is 4.90 Å². The molecule has 1 heterocycles. The lowest BCUT2D eigenvalue weighted by molar-refractivity contribution is -0.126. The number of hydrogen-bond acceptors (Lipinski definition) is 6. The number of hydrogen-bond donors (Lipinski definition) is 3. The number of thiocarbonyl (C=S) groups is 1. The molecule has 3 rings (SSSR count). The van der Waals surface area contributed by atoms with Crippen LogP contribution in [0.2, 0.25) is 5.02 Å². The first-order chi connectivity index (χ1) is 13.7. The third-order valence-corrected chi connectivity index (χ3v) is 5.44. The minimum absolute atomic E-state index is 0.000195. The number of carbonyl (C=O) groups is 3. The van der Waals surface area contributed by atoms with Crippen LogP contribution in [0.4, 0.5) is 5.69 Å². The molecule has 0 bridgehead atoms. The van der Waals surface area contributed by atoms with E-state index in [4.69, 9.17) is 23.8 Å². The molecule has 1 aliphatic rings. The molecule has 0 saturated carbocycles. The van der Waals surface area contributed by atoms with Gasteiger partial charge in [0.1, 0.15) is 16.6 Å². The number of halogens is 1. The number of phenolic OH excluding ortho intramolecular Hbond substituents is 1. The maximum absolute atomic E-state index is 12.6. The molecule has 2 amide bonds. The van der Waals surface area contributed by atoms with E-state index < -0.39 is 17.8 Å². The zero-order valence-electron chi connectivity index (χ0n) is 14.6. The van der Waals surface area contributed by atoms with Crippen molar-refractivity contribution in [2.45, 2.75) is 0 Å². The largest absolute Gasteiger partial charge is 0.508 e. The van der Waals surface area contributed by atoms with Gasteiger partial charge in [0, 0.05) is 5.02 Å². The number of amides is 2. The molecule has 0 aromatic heterocycles. The Kier molecular flexibility index (Phi) is 6.21. The summed E-state index contributed by atoms with van der Waals surface area (Å²) < 4.78 is 0.211. The molecule has 1 aliphatic heterocycles. The number of aromatic carboxylic acids is 1. The van der Waals surface area contributed by atoms with Crippen LogP contribution < -0.4 is 5.32 Å². The number of carbonyl (C=O) groups excluding carboxylic acids is 2. The fourth-order valence-electron chi connectivity index (χ4n) is 2.54. The lowest BCUT2D eigenvalue weighted by Gasteiger charge is -2.15. The zero-order valence-corrected chi connectivity index (χ0v) is 17.0. The molecule has 2 aromatic carbocycles. The van der Waals surface area contributed by atoms with Crippen LogP contribution >= 0.6 is 35.6 Å². The number of anilines is 1. The Morgan fingerprint density at radius 3 is 2.69 bits per heavy atom. The van der Waals surface area contributed by atoms with Crippen LogP contribution in [0.1, 0.15) is 15.9 Å². The molecule has 1 saturated heterocycles. The van der Waals surface area contributed by atoms with E-state index in [9.17, 15) is 24.6 Å². The predicted molar refractivity (Wildman–Crippen MR) is 115 cm³/mol. The van der Waals surface area contributed by atoms with Gasteiger partial charge in [0.25, 0.3) is 5.91 Å². The molecule has 7 nitrogen and oxygen atoms in total. The molecule has 3 N–H and O–H groups in total. The quantitative estimate of drug-likeness (QED) is 0.364. The van der Waals surface area contributed by atoms with Gasteiger partial charge in [-0.05, 0) is 42.0 Å². The van der Waals surface area contributed by atoms with Crippen molar-refractivity contribution in [1.29, 1.82) is 0 Å². The number of thioether (sulfide) groups is 1. The van der Waals surface area contributed by atoms with Crippen LogP contribution in [-0.4, -0.2) is 43.8 Å². The number of phenols is 1. The van der Waals surface area contributed by atoms with Crippen molar-refractivity contribution in [3.63, 3.8) is 0 Å². The summed E-state index contributed by atoms with van der Waals surface area (Å²) >= 11 is 12.2. The van der Waals surface area contributed by atoms with Crippen LogP contribution in [0.25, 0.3) is 6.08 Å². The van der Waals surface area contributed by atoms with Crippen LogP contribution in [0, 0.1) is 0 Å². The van der Waals surface area contributed by atoms with E-state index in [2.05, 4.69) is 5.32 Å². The molecule has 148 valence electrons. The summed E-state index contributed by atoms with van der Waals surface area (Å²) in [7, 11) is 0. The van der Waals surface area contributed by atoms with E-state index in [1.54, 1.807) is 30.3 Å². The molecule has 0 radical (unpaired) electrons. The van der Waals surface area contributed by atoms with E-state index in [1.165, 1.54) is 12.1 Å². The molecule has 0 aliphatic carbocycles. The summed E-state index contributed by atoms with van der Waals surface area (Å²) in [6, 6.07) is 10.5. The van der Waals surface area contributed by atoms with Gasteiger partial charge in [0.15, 0.2) is 0 Å². The highest BCUT2D eigenvalue weighted by molar-refractivity contribution is 8.26. The smallest absolute Gasteiger partial charge is 0.337 e. The second-order valence-corrected chi connectivity index (χ2v) is 8.02. The molecule has 29 heavy (non-hydrogen) atoms. The van der Waals surface area contributed by atoms with Gasteiger partial charge in [-0.1, -0.05) is 47.7 Å². The van der Waals surface area contributed by atoms with Crippen molar-refractivity contribution in [2.75, 3.05) is 11.9 Å². The van der Waals surface area contributed by atoms with Crippen LogP contribution in [-0.2, 0) is 9.59 Å². The fourth-order valence-corrected chi connectivity index (χ4v) is 3.99. The fraction of sp³-hybridized carbons (Fsp3) is 0.0526. The van der Waals surface area contributed by atoms with E-state index in [0.717, 1.165) is 28.3 Å². The van der Waals surface area contributed by atoms with E-state index in [0.29, 0.717) is 9.93 Å². The molecule has 0 spiro atoms. The van der Waals surface area contributed by atoms with Crippen molar-refractivity contribution < 1.29 is 24.6 Å². The summed E-state index contributed by atoms with van der Waals surface area (Å²) in [5.74, 6) is -2.62. The van der Waals surface area contributed by atoms with Crippen molar-refractivity contribution >= 4 is 69.4 Å². The third kappa shape index (κ3) is 4.94. The normalized spacial score (nSPS) is 15.1. The Bertz CT molecular complexity index is 1070. The molecule has 0 unspecified atom stereocenters.